The molecule has 5 rings (SSSR count). The first-order valence-electron chi connectivity index (χ1n) is 11.6. The average Bonchev–Trinajstić information content (AvgIpc) is 3.06. The fourth-order valence-electron chi connectivity index (χ4n) is 5.33. The number of carbonyl (C=O) groups excluding carboxylic acids is 1. The number of benzene rings is 3. The molecule has 3 atom stereocenters. The van der Waals surface area contributed by atoms with Crippen LogP contribution in [0.3, 0.4) is 0 Å². The average molecular weight is 427 g/mol. The van der Waals surface area contributed by atoms with Crippen molar-refractivity contribution in [2.24, 2.45) is 0 Å². The van der Waals surface area contributed by atoms with Crippen molar-refractivity contribution in [3.05, 3.63) is 108 Å². The second-order valence-electron chi connectivity index (χ2n) is 8.94. The first-order valence-corrected chi connectivity index (χ1v) is 11.6. The summed E-state index contributed by atoms with van der Waals surface area (Å²) in [6, 6.07) is 31.6. The van der Waals surface area contributed by atoms with Gasteiger partial charge < -0.3 is 10.1 Å². The van der Waals surface area contributed by atoms with E-state index in [1.807, 2.05) is 60.7 Å². The van der Waals surface area contributed by atoms with E-state index in [1.165, 1.54) is 18.4 Å². The standard InChI is InChI=1S/C28H30N2O2/c31-28(29-27(22-12-6-2-7-13-22)23-14-8-3-9-15-23)32-26-18-24-16-17-25(19-26)30(24)20-21-10-4-1-5-11-21/h1-15,24-27H,16-20H2,(H,29,31)/t24-,25+,26?. The quantitative estimate of drug-likeness (QED) is 0.550. The van der Waals surface area contributed by atoms with E-state index < -0.39 is 0 Å². The molecule has 0 aliphatic carbocycles. The van der Waals surface area contributed by atoms with Gasteiger partial charge in [0, 0.05) is 31.5 Å². The number of nitrogens with zero attached hydrogens (tertiary/aromatic N) is 1. The maximum Gasteiger partial charge on any atom is 0.408 e. The molecule has 2 aliphatic heterocycles. The minimum Gasteiger partial charge on any atom is -0.446 e. The van der Waals surface area contributed by atoms with Crippen LogP contribution in [0.1, 0.15) is 48.4 Å². The largest absolute Gasteiger partial charge is 0.446 e. The number of fused-ring (bicyclic) bond motifs is 2. The van der Waals surface area contributed by atoms with E-state index in [9.17, 15) is 4.79 Å². The Kier molecular flexibility index (Phi) is 6.22. The zero-order valence-electron chi connectivity index (χ0n) is 18.3. The highest BCUT2D eigenvalue weighted by Gasteiger charge is 2.42. The third-order valence-corrected chi connectivity index (χ3v) is 6.85. The molecule has 2 aliphatic rings. The summed E-state index contributed by atoms with van der Waals surface area (Å²) in [5, 5.41) is 3.12. The van der Waals surface area contributed by atoms with Crippen molar-refractivity contribution >= 4 is 6.09 Å². The topological polar surface area (TPSA) is 41.6 Å². The van der Waals surface area contributed by atoms with Crippen LogP contribution in [-0.2, 0) is 11.3 Å². The van der Waals surface area contributed by atoms with Gasteiger partial charge in [0.05, 0.1) is 6.04 Å². The van der Waals surface area contributed by atoms with Crippen LogP contribution in [0.5, 0.6) is 0 Å². The van der Waals surface area contributed by atoms with Gasteiger partial charge in [-0.1, -0.05) is 91.0 Å². The van der Waals surface area contributed by atoms with E-state index in [2.05, 4.69) is 40.5 Å². The zero-order valence-corrected chi connectivity index (χ0v) is 18.3. The molecule has 1 amide bonds. The number of hydrogen-bond donors (Lipinski definition) is 1. The van der Waals surface area contributed by atoms with Gasteiger partial charge in [-0.05, 0) is 29.5 Å². The molecule has 32 heavy (non-hydrogen) atoms. The number of nitrogens with one attached hydrogen (secondary N) is 1. The molecule has 3 aromatic rings. The summed E-state index contributed by atoms with van der Waals surface area (Å²) in [5.74, 6) is 0. The van der Waals surface area contributed by atoms with Crippen molar-refractivity contribution in [3.63, 3.8) is 0 Å². The normalized spacial score (nSPS) is 22.6. The number of piperidine rings is 1. The SMILES string of the molecule is O=C(NC(c1ccccc1)c1ccccc1)OC1C[C@H]2CC[C@@H](C1)N2Cc1ccccc1. The number of hydrogen-bond acceptors (Lipinski definition) is 3. The molecule has 1 unspecified atom stereocenters. The molecule has 1 N–H and O–H groups in total. The fraction of sp³-hybridized carbons (Fsp3) is 0.321. The predicted molar refractivity (Wildman–Crippen MR) is 126 cm³/mol. The van der Waals surface area contributed by atoms with Gasteiger partial charge in [-0.3, -0.25) is 4.90 Å². The summed E-state index contributed by atoms with van der Waals surface area (Å²) in [4.78, 5) is 15.5. The minimum atomic E-state index is -0.330. The Hall–Kier alpha value is -3.11. The van der Waals surface area contributed by atoms with Gasteiger partial charge in [-0.2, -0.15) is 0 Å². The van der Waals surface area contributed by atoms with Crippen molar-refractivity contribution in [2.45, 2.75) is 56.5 Å². The lowest BCUT2D eigenvalue weighted by molar-refractivity contribution is 0.0139. The molecule has 164 valence electrons. The van der Waals surface area contributed by atoms with Crippen LogP contribution in [0.4, 0.5) is 4.79 Å². The van der Waals surface area contributed by atoms with Gasteiger partial charge in [-0.15, -0.1) is 0 Å². The van der Waals surface area contributed by atoms with Crippen molar-refractivity contribution in [2.75, 3.05) is 0 Å². The molecule has 3 aromatic carbocycles. The molecule has 0 saturated carbocycles. The molecule has 0 spiro atoms. The van der Waals surface area contributed by atoms with Crippen LogP contribution in [0, 0.1) is 0 Å². The van der Waals surface area contributed by atoms with Gasteiger partial charge in [0.25, 0.3) is 0 Å². The smallest absolute Gasteiger partial charge is 0.408 e. The molecule has 2 saturated heterocycles. The molecule has 2 heterocycles. The lowest BCUT2D eigenvalue weighted by Crippen LogP contribution is -2.46. The van der Waals surface area contributed by atoms with Crippen molar-refractivity contribution < 1.29 is 9.53 Å². The predicted octanol–water partition coefficient (Wildman–Crippen LogP) is 5.70. The van der Waals surface area contributed by atoms with Gasteiger partial charge in [0.2, 0.25) is 0 Å². The Morgan fingerprint density at radius 1 is 0.812 bits per heavy atom. The Bertz CT molecular complexity index is 956. The van der Waals surface area contributed by atoms with Crippen molar-refractivity contribution in [1.82, 2.24) is 10.2 Å². The third-order valence-electron chi connectivity index (χ3n) is 6.85. The Morgan fingerprint density at radius 3 is 1.84 bits per heavy atom. The van der Waals surface area contributed by atoms with Crippen LogP contribution in [0.15, 0.2) is 91.0 Å². The highest BCUT2D eigenvalue weighted by atomic mass is 16.6. The summed E-state index contributed by atoms with van der Waals surface area (Å²) in [7, 11) is 0. The van der Waals surface area contributed by atoms with E-state index in [-0.39, 0.29) is 18.2 Å². The van der Waals surface area contributed by atoms with Crippen LogP contribution >= 0.6 is 0 Å². The number of rotatable bonds is 6. The number of ether oxygens (including phenoxy) is 1. The lowest BCUT2D eigenvalue weighted by atomic mass is 9.98. The fourth-order valence-corrected chi connectivity index (χ4v) is 5.33. The Balaban J connectivity index is 1.22. The molecule has 0 aromatic heterocycles. The van der Waals surface area contributed by atoms with Crippen molar-refractivity contribution in [1.29, 1.82) is 0 Å². The second-order valence-corrected chi connectivity index (χ2v) is 8.94. The van der Waals surface area contributed by atoms with E-state index in [4.69, 9.17) is 4.74 Å². The van der Waals surface area contributed by atoms with Crippen molar-refractivity contribution in [3.8, 4) is 0 Å². The molecule has 2 fully saturated rings. The van der Waals surface area contributed by atoms with Crippen LogP contribution in [0.2, 0.25) is 0 Å². The van der Waals surface area contributed by atoms with Crippen LogP contribution < -0.4 is 5.32 Å². The highest BCUT2D eigenvalue weighted by molar-refractivity contribution is 5.69. The number of amides is 1. The zero-order chi connectivity index (χ0) is 21.8. The summed E-state index contributed by atoms with van der Waals surface area (Å²) in [5.41, 5.74) is 3.46. The summed E-state index contributed by atoms with van der Waals surface area (Å²) in [6.07, 6.45) is 3.86. The molecule has 4 nitrogen and oxygen atoms in total. The van der Waals surface area contributed by atoms with Crippen LogP contribution in [-0.4, -0.2) is 29.2 Å². The highest BCUT2D eigenvalue weighted by Crippen LogP contribution is 2.38. The molecule has 0 radical (unpaired) electrons. The summed E-state index contributed by atoms with van der Waals surface area (Å²) in [6.45, 7) is 0.985. The van der Waals surface area contributed by atoms with E-state index in [0.717, 1.165) is 30.5 Å². The number of carbonyl (C=O) groups is 1. The second kappa shape index (κ2) is 9.58. The van der Waals surface area contributed by atoms with Gasteiger partial charge >= 0.3 is 6.09 Å². The van der Waals surface area contributed by atoms with Crippen LogP contribution in [0.25, 0.3) is 0 Å². The first-order chi connectivity index (χ1) is 15.8. The van der Waals surface area contributed by atoms with Gasteiger partial charge in [-0.25, -0.2) is 4.79 Å². The first kappa shape index (κ1) is 20.8. The summed E-state index contributed by atoms with van der Waals surface area (Å²) >= 11 is 0. The maximum atomic E-state index is 12.9. The Labute approximate surface area is 190 Å². The van der Waals surface area contributed by atoms with E-state index >= 15 is 0 Å². The van der Waals surface area contributed by atoms with Gasteiger partial charge in [0.1, 0.15) is 6.10 Å². The molecular formula is C28H30N2O2. The lowest BCUT2D eigenvalue weighted by Gasteiger charge is -2.38. The molecule has 2 bridgehead atoms. The monoisotopic (exact) mass is 426 g/mol. The molecular weight excluding hydrogens is 396 g/mol. The summed E-state index contributed by atoms with van der Waals surface area (Å²) < 4.78 is 5.97. The maximum absolute atomic E-state index is 12.9. The molecule has 4 heteroatoms. The number of alkyl carbamates (subject to hydrolysis) is 1. The van der Waals surface area contributed by atoms with E-state index in [0.29, 0.717) is 12.1 Å². The minimum absolute atomic E-state index is 0.0216. The van der Waals surface area contributed by atoms with Gasteiger partial charge in [0.15, 0.2) is 0 Å². The van der Waals surface area contributed by atoms with E-state index in [1.54, 1.807) is 0 Å². The third kappa shape index (κ3) is 4.71. The Morgan fingerprint density at radius 2 is 1.31 bits per heavy atom.